The van der Waals surface area contributed by atoms with Crippen molar-refractivity contribution in [1.82, 2.24) is 0 Å². The molecule has 1 N–H and O–H groups in total. The van der Waals surface area contributed by atoms with Gasteiger partial charge in [0.15, 0.2) is 22.8 Å². The number of rotatable bonds is 8. The fourth-order valence-electron chi connectivity index (χ4n) is 8.80. The number of carbonyl (C=O) groups excluding carboxylic acids is 4. The third-order valence-electron chi connectivity index (χ3n) is 11.0. The number of hydrogen-bond donors (Lipinski definition) is 1. The molecule has 1 aromatic carbocycles. The average molecular weight is 651 g/mol. The van der Waals surface area contributed by atoms with E-state index in [1.165, 1.54) is 19.1 Å². The molecule has 4 aliphatic rings. The molecule has 244 valence electrons. The topological polar surface area (TPSA) is 97.7 Å². The number of Topliss-reactive ketones (excluding diaryl/α,β-unsaturated/α-hetero) is 1. The average Bonchev–Trinajstić information content (AvgIpc) is 3.19. The van der Waals surface area contributed by atoms with Gasteiger partial charge in [0.25, 0.3) is 0 Å². The second-order valence-corrected chi connectivity index (χ2v) is 14.4. The number of aliphatic hydroxyl groups excluding tert-OH is 1. The van der Waals surface area contributed by atoms with Gasteiger partial charge in [0.1, 0.15) is 17.8 Å². The molecule has 0 spiro atoms. The molecule has 5 rings (SSSR count). The number of allylic oxidation sites excluding steroid dienone is 4. The van der Waals surface area contributed by atoms with Crippen LogP contribution in [-0.4, -0.2) is 57.1 Å². The fourth-order valence-corrected chi connectivity index (χ4v) is 9.91. The highest BCUT2D eigenvalue weighted by Gasteiger charge is 2.78. The molecule has 0 saturated heterocycles. The van der Waals surface area contributed by atoms with E-state index in [1.54, 1.807) is 13.8 Å². The van der Waals surface area contributed by atoms with Gasteiger partial charge in [-0.05, 0) is 68.4 Å². The number of halogens is 4. The van der Waals surface area contributed by atoms with Crippen molar-refractivity contribution in [2.24, 2.45) is 28.6 Å². The molecule has 0 unspecified atom stereocenters. The van der Waals surface area contributed by atoms with Crippen LogP contribution in [0.15, 0.2) is 42.0 Å². The highest BCUT2D eigenvalue weighted by Crippen LogP contribution is 2.72. The molecule has 3 saturated carbocycles. The van der Waals surface area contributed by atoms with E-state index in [1.807, 2.05) is 6.92 Å². The Balaban J connectivity index is 1.54. The van der Waals surface area contributed by atoms with Gasteiger partial charge < -0.3 is 9.84 Å². The van der Waals surface area contributed by atoms with Crippen LogP contribution in [0.4, 0.5) is 17.6 Å². The van der Waals surface area contributed by atoms with Crippen molar-refractivity contribution in [1.29, 1.82) is 0 Å². The van der Waals surface area contributed by atoms with Gasteiger partial charge >= 0.3 is 5.97 Å². The Hall–Kier alpha value is -2.79. The molecule has 0 radical (unpaired) electrons. The van der Waals surface area contributed by atoms with Gasteiger partial charge in [0, 0.05) is 35.2 Å². The van der Waals surface area contributed by atoms with Gasteiger partial charge in [0.05, 0.1) is 17.4 Å². The zero-order chi connectivity index (χ0) is 33.1. The first-order valence-corrected chi connectivity index (χ1v) is 16.4. The zero-order valence-electron chi connectivity index (χ0n) is 25.7. The Kier molecular flexibility index (Phi) is 8.79. The molecule has 6 nitrogen and oxygen atoms in total. The largest absolute Gasteiger partial charge is 0.449 e. The number of fused-ring (bicyclic) bond motifs is 5. The van der Waals surface area contributed by atoms with Crippen molar-refractivity contribution in [3.63, 3.8) is 0 Å². The number of aliphatic hydroxyl groups is 1. The molecule has 45 heavy (non-hydrogen) atoms. The number of ketones is 2. The van der Waals surface area contributed by atoms with Crippen LogP contribution in [-0.2, 0) is 19.1 Å². The summed E-state index contributed by atoms with van der Waals surface area (Å²) in [7, 11) is 0. The van der Waals surface area contributed by atoms with Gasteiger partial charge in [-0.25, -0.2) is 17.6 Å². The summed E-state index contributed by atoms with van der Waals surface area (Å²) in [5, 5.41) is 11.0. The van der Waals surface area contributed by atoms with Crippen molar-refractivity contribution in [3.05, 3.63) is 59.2 Å². The van der Waals surface area contributed by atoms with E-state index < -0.39 is 97.7 Å². The van der Waals surface area contributed by atoms with Crippen molar-refractivity contribution in [2.75, 3.05) is 5.75 Å². The first kappa shape index (κ1) is 33.6. The lowest BCUT2D eigenvalue weighted by Crippen LogP contribution is -2.70. The van der Waals surface area contributed by atoms with E-state index >= 15 is 8.78 Å². The predicted molar refractivity (Wildman–Crippen MR) is 160 cm³/mol. The molecular formula is C34H38F4O6S. The molecule has 3 fully saturated rings. The fraction of sp³-hybridized carbons (Fsp3) is 0.588. The van der Waals surface area contributed by atoms with Gasteiger partial charge in [0.2, 0.25) is 5.12 Å². The first-order chi connectivity index (χ1) is 21.1. The van der Waals surface area contributed by atoms with Crippen LogP contribution in [0.1, 0.15) is 76.6 Å². The number of unbranched alkanes of at least 4 members (excludes halogenated alkanes) is 1. The Morgan fingerprint density at radius 3 is 2.51 bits per heavy atom. The summed E-state index contributed by atoms with van der Waals surface area (Å²) in [6.07, 6.45) is 0.855. The summed E-state index contributed by atoms with van der Waals surface area (Å²) >= 11 is 0.527. The zero-order valence-corrected chi connectivity index (χ0v) is 26.5. The number of ether oxygens (including phenoxy) is 1. The Morgan fingerprint density at radius 2 is 1.84 bits per heavy atom. The van der Waals surface area contributed by atoms with Crippen LogP contribution in [0.25, 0.3) is 0 Å². The maximum atomic E-state index is 17.6. The molecule has 0 aliphatic heterocycles. The molecule has 0 bridgehead atoms. The van der Waals surface area contributed by atoms with E-state index in [0.717, 1.165) is 18.2 Å². The van der Waals surface area contributed by atoms with Crippen LogP contribution in [0, 0.1) is 40.2 Å². The lowest BCUT2D eigenvalue weighted by molar-refractivity contribution is -0.228. The highest BCUT2D eigenvalue weighted by atomic mass is 32.2. The summed E-state index contributed by atoms with van der Waals surface area (Å²) in [6.45, 7) is 6.69. The number of esters is 1. The van der Waals surface area contributed by atoms with Crippen LogP contribution in [0.2, 0.25) is 0 Å². The summed E-state index contributed by atoms with van der Waals surface area (Å²) in [4.78, 5) is 52.6. The molecule has 4 aliphatic carbocycles. The van der Waals surface area contributed by atoms with Crippen LogP contribution in [0.3, 0.4) is 0 Å². The van der Waals surface area contributed by atoms with Gasteiger partial charge in [-0.2, -0.15) is 0 Å². The first-order valence-electron chi connectivity index (χ1n) is 15.4. The smallest absolute Gasteiger partial charge is 0.306 e. The Labute approximate surface area is 264 Å². The molecule has 0 amide bonds. The summed E-state index contributed by atoms with van der Waals surface area (Å²) in [5.41, 5.74) is -7.74. The number of thioether (sulfide) groups is 1. The molecule has 9 atom stereocenters. The Bertz CT molecular complexity index is 1490. The summed E-state index contributed by atoms with van der Waals surface area (Å²) < 4.78 is 67.4. The van der Waals surface area contributed by atoms with Crippen molar-refractivity contribution in [3.8, 4) is 0 Å². The maximum absolute atomic E-state index is 17.6. The highest BCUT2D eigenvalue weighted by molar-refractivity contribution is 8.14. The van der Waals surface area contributed by atoms with Crippen molar-refractivity contribution >= 4 is 34.4 Å². The number of carbonyl (C=O) groups is 4. The molecule has 11 heteroatoms. The van der Waals surface area contributed by atoms with E-state index in [4.69, 9.17) is 4.74 Å². The SMILES string of the molecule is CCCCC(=O)O[C@]1(C(=O)SCC(=O)c2ccc(F)cc2F)[C@H](C)C[C@H]2[C@@H]3C[C@H](F)C4=CC(=O)C=C[C@]4(C)[C@@]3(F)[C@@H](O)C[C@@]21C. The second kappa shape index (κ2) is 11.8. The molecule has 0 heterocycles. The normalized spacial score (nSPS) is 38.6. The van der Waals surface area contributed by atoms with Crippen molar-refractivity contribution < 1.29 is 46.6 Å². The Morgan fingerprint density at radius 1 is 1.13 bits per heavy atom. The van der Waals surface area contributed by atoms with E-state index in [0.29, 0.717) is 30.7 Å². The molecule has 0 aromatic heterocycles. The predicted octanol–water partition coefficient (Wildman–Crippen LogP) is 6.44. The van der Waals surface area contributed by atoms with E-state index in [-0.39, 0.29) is 31.3 Å². The molecular weight excluding hydrogens is 612 g/mol. The summed E-state index contributed by atoms with van der Waals surface area (Å²) in [5.74, 6) is -6.94. The third-order valence-corrected chi connectivity index (χ3v) is 12.0. The minimum Gasteiger partial charge on any atom is -0.449 e. The molecule has 1 aromatic rings. The maximum Gasteiger partial charge on any atom is 0.306 e. The van der Waals surface area contributed by atoms with Crippen molar-refractivity contribution in [2.45, 2.75) is 89.8 Å². The monoisotopic (exact) mass is 650 g/mol. The van der Waals surface area contributed by atoms with Crippen LogP contribution in [0.5, 0.6) is 0 Å². The third kappa shape index (κ3) is 4.94. The number of alkyl halides is 2. The van der Waals surface area contributed by atoms with Crippen LogP contribution < -0.4 is 0 Å². The van der Waals surface area contributed by atoms with E-state index in [2.05, 4.69) is 0 Å². The quantitative estimate of drug-likeness (QED) is 0.196. The minimum absolute atomic E-state index is 0.0000184. The van der Waals surface area contributed by atoms with Gasteiger partial charge in [-0.1, -0.05) is 45.0 Å². The standard InChI is InChI=1S/C34H38F4O6S/c1-5-6-7-29(42)44-34(30(43)45-17-27(40)21-9-8-19(35)13-25(21)36)18(2)12-22-23-15-26(37)24-14-20(39)10-11-31(24,3)33(23,38)28(41)16-32(22,34)4/h8-11,13-14,18,22-23,26,28,41H,5-7,12,15-17H2,1-4H3/t18-,22+,23+,26+,28+,31+,32+,33+,34+/m1/s1. The lowest BCUT2D eigenvalue weighted by Gasteiger charge is -2.63. The number of benzene rings is 1. The second-order valence-electron chi connectivity index (χ2n) is 13.4. The summed E-state index contributed by atoms with van der Waals surface area (Å²) in [6, 6.07) is 2.48. The van der Waals surface area contributed by atoms with E-state index in [9.17, 15) is 33.1 Å². The minimum atomic E-state index is -2.39. The van der Waals surface area contributed by atoms with Crippen LogP contribution >= 0.6 is 11.8 Å². The number of hydrogen-bond acceptors (Lipinski definition) is 7. The van der Waals surface area contributed by atoms with Gasteiger partial charge in [-0.3, -0.25) is 19.2 Å². The lowest BCUT2D eigenvalue weighted by atomic mass is 9.44. The van der Waals surface area contributed by atoms with Gasteiger partial charge in [-0.15, -0.1) is 0 Å².